The molecule has 0 aromatic heterocycles. The minimum absolute atomic E-state index is 0.0556. The maximum Gasteiger partial charge on any atom is 0.236 e. The molecule has 9 heavy (non-hydrogen) atoms. The number of rotatable bonds is 3. The molecule has 0 saturated heterocycles. The molecule has 3 N–H and O–H groups in total. The molecule has 0 rings (SSSR count). The van der Waals surface area contributed by atoms with Crippen molar-refractivity contribution in [3.8, 4) is 0 Å². The lowest BCUT2D eigenvalue weighted by atomic mass is 10.2. The van der Waals surface area contributed by atoms with Crippen molar-refractivity contribution < 1.29 is 4.79 Å². The van der Waals surface area contributed by atoms with Gasteiger partial charge in [0, 0.05) is 6.54 Å². The highest BCUT2D eigenvalue weighted by Gasteiger charge is 2.07. The van der Waals surface area contributed by atoms with E-state index in [1.807, 2.05) is 13.8 Å². The minimum Gasteiger partial charge on any atom is -0.355 e. The van der Waals surface area contributed by atoms with Gasteiger partial charge in [-0.25, -0.2) is 0 Å². The van der Waals surface area contributed by atoms with Crippen molar-refractivity contribution in [2.75, 3.05) is 6.54 Å². The molecule has 1 amide bonds. The van der Waals surface area contributed by atoms with Crippen molar-refractivity contribution in [1.29, 1.82) is 0 Å². The van der Waals surface area contributed by atoms with Crippen molar-refractivity contribution in [3.05, 3.63) is 0 Å². The van der Waals surface area contributed by atoms with Crippen LogP contribution < -0.4 is 11.1 Å². The molecule has 0 aromatic rings. The van der Waals surface area contributed by atoms with Crippen molar-refractivity contribution in [2.45, 2.75) is 26.3 Å². The van der Waals surface area contributed by atoms with Gasteiger partial charge < -0.3 is 11.1 Å². The van der Waals surface area contributed by atoms with Crippen LogP contribution in [0.15, 0.2) is 0 Å². The van der Waals surface area contributed by atoms with Gasteiger partial charge in [-0.15, -0.1) is 0 Å². The summed E-state index contributed by atoms with van der Waals surface area (Å²) in [6, 6.07) is -0.329. The van der Waals surface area contributed by atoms with Crippen LogP contribution in [0.5, 0.6) is 0 Å². The third-order valence-electron chi connectivity index (χ3n) is 1.13. The summed E-state index contributed by atoms with van der Waals surface area (Å²) in [6.45, 7) is 4.42. The number of hydrogen-bond acceptors (Lipinski definition) is 2. The Morgan fingerprint density at radius 2 is 2.22 bits per heavy atom. The molecule has 0 aliphatic carbocycles. The molecular weight excluding hydrogens is 116 g/mol. The largest absolute Gasteiger partial charge is 0.355 e. The van der Waals surface area contributed by atoms with Gasteiger partial charge in [-0.1, -0.05) is 6.92 Å². The maximum absolute atomic E-state index is 10.7. The first-order valence-corrected chi connectivity index (χ1v) is 3.25. The van der Waals surface area contributed by atoms with E-state index in [0.29, 0.717) is 13.0 Å². The van der Waals surface area contributed by atoms with Gasteiger partial charge in [-0.2, -0.15) is 0 Å². The predicted octanol–water partition coefficient (Wildman–Crippen LogP) is -0.140. The van der Waals surface area contributed by atoms with Crippen LogP contribution in [0.4, 0.5) is 0 Å². The van der Waals surface area contributed by atoms with Crippen LogP contribution in [-0.2, 0) is 4.79 Å². The van der Waals surface area contributed by atoms with Crippen LogP contribution in [0.2, 0.25) is 0 Å². The molecule has 0 bridgehead atoms. The summed E-state index contributed by atoms with van der Waals surface area (Å²) in [5.41, 5.74) is 5.39. The Morgan fingerprint density at radius 3 is 2.56 bits per heavy atom. The average molecular weight is 130 g/mol. The van der Waals surface area contributed by atoms with E-state index in [9.17, 15) is 4.79 Å². The molecule has 0 aromatic carbocycles. The number of nitrogens with two attached hydrogens (primary N) is 1. The third-order valence-corrected chi connectivity index (χ3v) is 1.13. The fraction of sp³-hybridized carbons (Fsp3) is 0.833. The topological polar surface area (TPSA) is 55.1 Å². The van der Waals surface area contributed by atoms with Gasteiger partial charge in [0.1, 0.15) is 0 Å². The summed E-state index contributed by atoms with van der Waals surface area (Å²) in [7, 11) is 0. The van der Waals surface area contributed by atoms with E-state index in [2.05, 4.69) is 5.32 Å². The number of likely N-dealkylation sites (N-methyl/N-ethyl adjacent to an activating group) is 1. The van der Waals surface area contributed by atoms with E-state index >= 15 is 0 Å². The van der Waals surface area contributed by atoms with E-state index in [1.54, 1.807) is 0 Å². The highest BCUT2D eigenvalue weighted by Crippen LogP contribution is 1.83. The standard InChI is InChI=1S/C6H14N2O/c1-3-5(7)6(9)8-4-2/h5H,3-4,7H2,1-2H3,(H,8,9). The van der Waals surface area contributed by atoms with Crippen LogP contribution >= 0.6 is 0 Å². The lowest BCUT2D eigenvalue weighted by Gasteiger charge is -2.06. The van der Waals surface area contributed by atoms with Crippen molar-refractivity contribution in [2.24, 2.45) is 5.73 Å². The molecule has 54 valence electrons. The Kier molecular flexibility index (Phi) is 4.05. The molecule has 0 aliphatic heterocycles. The SMILES string of the molecule is CCNC(=O)C(N)CC. The first kappa shape index (κ1) is 8.43. The summed E-state index contributed by atoms with van der Waals surface area (Å²) in [5, 5.41) is 2.63. The number of carbonyl (C=O) groups is 1. The van der Waals surface area contributed by atoms with Gasteiger partial charge in [-0.05, 0) is 13.3 Å². The summed E-state index contributed by atoms with van der Waals surface area (Å²) in [4.78, 5) is 10.7. The summed E-state index contributed by atoms with van der Waals surface area (Å²) >= 11 is 0. The molecule has 0 fully saturated rings. The van der Waals surface area contributed by atoms with Crippen molar-refractivity contribution >= 4 is 5.91 Å². The molecule has 3 heteroatoms. The van der Waals surface area contributed by atoms with E-state index in [1.165, 1.54) is 0 Å². The Morgan fingerprint density at radius 1 is 1.67 bits per heavy atom. The summed E-state index contributed by atoms with van der Waals surface area (Å²) in [6.07, 6.45) is 0.700. The van der Waals surface area contributed by atoms with Gasteiger partial charge >= 0.3 is 0 Å². The minimum atomic E-state index is -0.329. The molecule has 0 aliphatic rings. The average Bonchev–Trinajstić information content (AvgIpc) is 1.87. The van der Waals surface area contributed by atoms with Crippen LogP contribution in [-0.4, -0.2) is 18.5 Å². The van der Waals surface area contributed by atoms with Gasteiger partial charge in [0.05, 0.1) is 6.04 Å². The quantitative estimate of drug-likeness (QED) is 0.558. The van der Waals surface area contributed by atoms with E-state index in [0.717, 1.165) is 0 Å². The lowest BCUT2D eigenvalue weighted by Crippen LogP contribution is -2.39. The van der Waals surface area contributed by atoms with E-state index in [4.69, 9.17) is 5.73 Å². The Bertz CT molecular complexity index is 93.1. The van der Waals surface area contributed by atoms with Gasteiger partial charge in [0.2, 0.25) is 5.91 Å². The highest BCUT2D eigenvalue weighted by molar-refractivity contribution is 5.81. The fourth-order valence-corrected chi connectivity index (χ4v) is 0.491. The molecule has 0 heterocycles. The number of hydrogen-bond donors (Lipinski definition) is 2. The van der Waals surface area contributed by atoms with Crippen LogP contribution in [0.3, 0.4) is 0 Å². The first-order chi connectivity index (χ1) is 4.22. The second-order valence-corrected chi connectivity index (χ2v) is 1.91. The zero-order valence-corrected chi connectivity index (χ0v) is 5.98. The van der Waals surface area contributed by atoms with E-state index in [-0.39, 0.29) is 11.9 Å². The molecular formula is C6H14N2O. The molecule has 0 spiro atoms. The van der Waals surface area contributed by atoms with Crippen LogP contribution in [0, 0.1) is 0 Å². The third kappa shape index (κ3) is 3.08. The molecule has 3 nitrogen and oxygen atoms in total. The Labute approximate surface area is 55.6 Å². The number of carbonyl (C=O) groups excluding carboxylic acids is 1. The zero-order chi connectivity index (χ0) is 7.28. The van der Waals surface area contributed by atoms with Crippen molar-refractivity contribution in [1.82, 2.24) is 5.32 Å². The molecule has 1 atom stereocenters. The maximum atomic E-state index is 10.7. The van der Waals surface area contributed by atoms with Crippen LogP contribution in [0.25, 0.3) is 0 Å². The second-order valence-electron chi connectivity index (χ2n) is 1.91. The first-order valence-electron chi connectivity index (χ1n) is 3.25. The Balaban J connectivity index is 3.46. The molecule has 0 saturated carbocycles. The smallest absolute Gasteiger partial charge is 0.236 e. The second kappa shape index (κ2) is 4.32. The van der Waals surface area contributed by atoms with Gasteiger partial charge in [0.15, 0.2) is 0 Å². The number of amides is 1. The zero-order valence-electron chi connectivity index (χ0n) is 5.98. The summed E-state index contributed by atoms with van der Waals surface area (Å²) in [5.74, 6) is -0.0556. The highest BCUT2D eigenvalue weighted by atomic mass is 16.2. The van der Waals surface area contributed by atoms with Gasteiger partial charge in [0.25, 0.3) is 0 Å². The lowest BCUT2D eigenvalue weighted by molar-refractivity contribution is -0.122. The predicted molar refractivity (Wildman–Crippen MR) is 37.0 cm³/mol. The normalized spacial score (nSPS) is 12.8. The monoisotopic (exact) mass is 130 g/mol. The Hall–Kier alpha value is -0.570. The fourth-order valence-electron chi connectivity index (χ4n) is 0.491. The van der Waals surface area contributed by atoms with Crippen molar-refractivity contribution in [3.63, 3.8) is 0 Å². The molecule has 1 unspecified atom stereocenters. The van der Waals surface area contributed by atoms with E-state index < -0.39 is 0 Å². The van der Waals surface area contributed by atoms with Crippen LogP contribution in [0.1, 0.15) is 20.3 Å². The molecule has 0 radical (unpaired) electrons. The summed E-state index contributed by atoms with van der Waals surface area (Å²) < 4.78 is 0. The number of nitrogens with one attached hydrogen (secondary N) is 1. The van der Waals surface area contributed by atoms with Gasteiger partial charge in [-0.3, -0.25) is 4.79 Å².